The number of benzene rings is 2. The molecule has 0 fully saturated rings. The molecule has 2 N–H and O–H groups in total. The molecule has 2 rings (SSSR count). The van der Waals surface area contributed by atoms with Crippen molar-refractivity contribution in [3.63, 3.8) is 0 Å². The zero-order valence-electron chi connectivity index (χ0n) is 13.2. The lowest BCUT2D eigenvalue weighted by Gasteiger charge is -2.13. The zero-order valence-corrected chi connectivity index (χ0v) is 16.3. The SMILES string of the molecule is Cc1cc(OCC(=O)NC(=S)Nc2cccc(Cl)c2C)ccc1Br. The third-order valence-corrected chi connectivity index (χ3v) is 4.77. The van der Waals surface area contributed by atoms with Crippen LogP contribution in [-0.2, 0) is 4.79 Å². The first-order chi connectivity index (χ1) is 11.4. The number of halogens is 2. The molecule has 0 saturated carbocycles. The summed E-state index contributed by atoms with van der Waals surface area (Å²) in [6.45, 7) is 3.69. The monoisotopic (exact) mass is 426 g/mol. The molecule has 0 aromatic heterocycles. The second-order valence-corrected chi connectivity index (χ2v) is 6.78. The van der Waals surface area contributed by atoms with Crippen LogP contribution in [0.5, 0.6) is 5.75 Å². The zero-order chi connectivity index (χ0) is 17.7. The lowest BCUT2D eigenvalue weighted by Crippen LogP contribution is -2.37. The van der Waals surface area contributed by atoms with E-state index < -0.39 is 0 Å². The van der Waals surface area contributed by atoms with Crippen molar-refractivity contribution < 1.29 is 9.53 Å². The molecular formula is C17H16BrClN2O2S. The van der Waals surface area contributed by atoms with E-state index in [1.54, 1.807) is 18.2 Å². The molecule has 0 bridgehead atoms. The van der Waals surface area contributed by atoms with Gasteiger partial charge in [0.05, 0.1) is 0 Å². The van der Waals surface area contributed by atoms with E-state index in [0.717, 1.165) is 21.3 Å². The van der Waals surface area contributed by atoms with Gasteiger partial charge >= 0.3 is 0 Å². The Morgan fingerprint density at radius 1 is 1.29 bits per heavy atom. The molecule has 0 saturated heterocycles. The molecule has 0 heterocycles. The molecule has 0 aliphatic carbocycles. The van der Waals surface area contributed by atoms with Crippen molar-refractivity contribution >= 4 is 56.5 Å². The second kappa shape index (κ2) is 8.46. The number of anilines is 1. The Kier molecular flexibility index (Phi) is 6.60. The van der Waals surface area contributed by atoms with Crippen molar-refractivity contribution in [1.29, 1.82) is 0 Å². The Balaban J connectivity index is 1.86. The summed E-state index contributed by atoms with van der Waals surface area (Å²) in [4.78, 5) is 11.9. The molecule has 0 atom stereocenters. The van der Waals surface area contributed by atoms with Crippen LogP contribution < -0.4 is 15.4 Å². The maximum atomic E-state index is 11.9. The number of ether oxygens (including phenoxy) is 1. The maximum absolute atomic E-state index is 11.9. The molecule has 0 unspecified atom stereocenters. The number of carbonyl (C=O) groups is 1. The number of amides is 1. The van der Waals surface area contributed by atoms with Gasteiger partial charge in [0.15, 0.2) is 11.7 Å². The van der Waals surface area contributed by atoms with Crippen LogP contribution in [-0.4, -0.2) is 17.6 Å². The summed E-state index contributed by atoms with van der Waals surface area (Å²) in [5.74, 6) is 0.281. The van der Waals surface area contributed by atoms with E-state index in [9.17, 15) is 4.79 Å². The van der Waals surface area contributed by atoms with Gasteiger partial charge in [-0.25, -0.2) is 0 Å². The minimum atomic E-state index is -0.340. The number of carbonyl (C=O) groups excluding carboxylic acids is 1. The molecule has 1 amide bonds. The molecule has 0 aliphatic heterocycles. The van der Waals surface area contributed by atoms with Crippen molar-refractivity contribution in [3.05, 3.63) is 57.0 Å². The highest BCUT2D eigenvalue weighted by Crippen LogP contribution is 2.23. The van der Waals surface area contributed by atoms with Crippen LogP contribution in [0.3, 0.4) is 0 Å². The smallest absolute Gasteiger partial charge is 0.264 e. The number of aryl methyl sites for hydroxylation is 1. The predicted molar refractivity (Wildman–Crippen MR) is 105 cm³/mol. The first-order valence-corrected chi connectivity index (χ1v) is 8.69. The fraction of sp³-hybridized carbons (Fsp3) is 0.176. The second-order valence-electron chi connectivity index (χ2n) is 5.11. The lowest BCUT2D eigenvalue weighted by molar-refractivity contribution is -0.121. The van der Waals surface area contributed by atoms with Crippen LogP contribution in [0.2, 0.25) is 5.02 Å². The Morgan fingerprint density at radius 3 is 2.75 bits per heavy atom. The molecule has 2 aromatic carbocycles. The standard InChI is InChI=1S/C17H16BrClN2O2S/c1-10-8-12(6-7-13(10)18)23-9-16(22)21-17(24)20-15-5-3-4-14(19)11(15)2/h3-8H,9H2,1-2H3,(H2,20,21,22,24). The Labute approximate surface area is 159 Å². The molecule has 0 radical (unpaired) electrons. The van der Waals surface area contributed by atoms with Crippen LogP contribution in [0.25, 0.3) is 0 Å². The summed E-state index contributed by atoms with van der Waals surface area (Å²) in [5, 5.41) is 6.35. The molecule has 7 heteroatoms. The highest BCUT2D eigenvalue weighted by molar-refractivity contribution is 9.10. The van der Waals surface area contributed by atoms with Crippen LogP contribution in [0.4, 0.5) is 5.69 Å². The topological polar surface area (TPSA) is 50.4 Å². The van der Waals surface area contributed by atoms with Gasteiger partial charge in [0.25, 0.3) is 5.91 Å². The summed E-state index contributed by atoms with van der Waals surface area (Å²) in [6, 6.07) is 10.9. The normalized spacial score (nSPS) is 10.2. The van der Waals surface area contributed by atoms with Crippen LogP contribution in [0, 0.1) is 13.8 Å². The highest BCUT2D eigenvalue weighted by Gasteiger charge is 2.08. The number of hydrogen-bond donors (Lipinski definition) is 2. The number of nitrogens with one attached hydrogen (secondary N) is 2. The third-order valence-electron chi connectivity index (χ3n) is 3.27. The van der Waals surface area contributed by atoms with E-state index >= 15 is 0 Å². The van der Waals surface area contributed by atoms with Crippen molar-refractivity contribution in [1.82, 2.24) is 5.32 Å². The van der Waals surface area contributed by atoms with Crippen molar-refractivity contribution in [2.75, 3.05) is 11.9 Å². The maximum Gasteiger partial charge on any atom is 0.264 e. The summed E-state index contributed by atoms with van der Waals surface area (Å²) in [6.07, 6.45) is 0. The first kappa shape index (κ1) is 18.7. The van der Waals surface area contributed by atoms with E-state index in [0.29, 0.717) is 10.8 Å². The molecule has 2 aromatic rings. The molecule has 24 heavy (non-hydrogen) atoms. The predicted octanol–water partition coefficient (Wildman–Crippen LogP) is 4.61. The minimum Gasteiger partial charge on any atom is -0.484 e. The highest BCUT2D eigenvalue weighted by atomic mass is 79.9. The summed E-state index contributed by atoms with van der Waals surface area (Å²) in [5.41, 5.74) is 2.64. The van der Waals surface area contributed by atoms with Gasteiger partial charge in [-0.1, -0.05) is 33.6 Å². The van der Waals surface area contributed by atoms with Gasteiger partial charge < -0.3 is 10.1 Å². The number of rotatable bonds is 4. The summed E-state index contributed by atoms with van der Waals surface area (Å²) < 4.78 is 6.44. The van der Waals surface area contributed by atoms with Gasteiger partial charge in [0.2, 0.25) is 0 Å². The van der Waals surface area contributed by atoms with Gasteiger partial charge in [0, 0.05) is 15.2 Å². The van der Waals surface area contributed by atoms with Crippen LogP contribution in [0.15, 0.2) is 40.9 Å². The number of thiocarbonyl (C=S) groups is 1. The van der Waals surface area contributed by atoms with E-state index in [1.807, 2.05) is 32.0 Å². The summed E-state index contributed by atoms with van der Waals surface area (Å²) >= 11 is 14.6. The first-order valence-electron chi connectivity index (χ1n) is 7.11. The quantitative estimate of drug-likeness (QED) is 0.700. The van der Waals surface area contributed by atoms with Crippen molar-refractivity contribution in [3.8, 4) is 5.75 Å². The molecule has 4 nitrogen and oxygen atoms in total. The van der Waals surface area contributed by atoms with E-state index in [-0.39, 0.29) is 17.6 Å². The van der Waals surface area contributed by atoms with Crippen LogP contribution >= 0.6 is 39.7 Å². The van der Waals surface area contributed by atoms with Crippen molar-refractivity contribution in [2.45, 2.75) is 13.8 Å². The van der Waals surface area contributed by atoms with Gasteiger partial charge in [-0.15, -0.1) is 0 Å². The van der Waals surface area contributed by atoms with Gasteiger partial charge in [-0.05, 0) is 67.5 Å². The lowest BCUT2D eigenvalue weighted by atomic mass is 10.2. The molecule has 0 spiro atoms. The Morgan fingerprint density at radius 2 is 2.04 bits per heavy atom. The van der Waals surface area contributed by atoms with Gasteiger partial charge in [-0.2, -0.15) is 0 Å². The molecule has 126 valence electrons. The largest absolute Gasteiger partial charge is 0.484 e. The molecule has 0 aliphatic rings. The fourth-order valence-electron chi connectivity index (χ4n) is 1.92. The Bertz CT molecular complexity index is 783. The Hall–Kier alpha value is -1.63. The average molecular weight is 428 g/mol. The van der Waals surface area contributed by atoms with Gasteiger partial charge in [-0.3, -0.25) is 10.1 Å². The third kappa shape index (κ3) is 5.19. The van der Waals surface area contributed by atoms with E-state index in [1.165, 1.54) is 0 Å². The van der Waals surface area contributed by atoms with Crippen LogP contribution in [0.1, 0.15) is 11.1 Å². The number of hydrogen-bond acceptors (Lipinski definition) is 3. The summed E-state index contributed by atoms with van der Waals surface area (Å²) in [7, 11) is 0. The van der Waals surface area contributed by atoms with Gasteiger partial charge in [0.1, 0.15) is 5.75 Å². The van der Waals surface area contributed by atoms with E-state index in [2.05, 4.69) is 26.6 Å². The average Bonchev–Trinajstić information content (AvgIpc) is 2.53. The van der Waals surface area contributed by atoms with E-state index in [4.69, 9.17) is 28.6 Å². The fourth-order valence-corrected chi connectivity index (χ4v) is 2.56. The van der Waals surface area contributed by atoms with Crippen molar-refractivity contribution in [2.24, 2.45) is 0 Å². The minimum absolute atomic E-state index is 0.128. The molecular weight excluding hydrogens is 412 g/mol.